The number of carbonyl (C=O) groups excluding carboxylic acids is 1. The van der Waals surface area contributed by atoms with Gasteiger partial charge in [-0.25, -0.2) is 13.6 Å². The van der Waals surface area contributed by atoms with Crippen LogP contribution in [0.25, 0.3) is 0 Å². The van der Waals surface area contributed by atoms with Gasteiger partial charge in [0.1, 0.15) is 0 Å². The van der Waals surface area contributed by atoms with Gasteiger partial charge in [-0.1, -0.05) is 6.07 Å². The molecule has 2 heterocycles. The highest BCUT2D eigenvalue weighted by molar-refractivity contribution is 5.98. The van der Waals surface area contributed by atoms with E-state index in [1.54, 1.807) is 0 Å². The Kier molecular flexibility index (Phi) is 3.35. The van der Waals surface area contributed by atoms with Gasteiger partial charge in [0.2, 0.25) is 11.6 Å². The summed E-state index contributed by atoms with van der Waals surface area (Å²) in [7, 11) is 0. The number of anilines is 1. The monoisotopic (exact) mass is 419 g/mol. The minimum atomic E-state index is -2.23. The summed E-state index contributed by atoms with van der Waals surface area (Å²) in [5, 5.41) is 19.3. The average molecular weight is 419 g/mol. The second kappa shape index (κ2) is 5.56. The molecule has 3 aromatic carbocycles. The first-order chi connectivity index (χ1) is 14.2. The standard InChI is InChI=1S/C20H9F4NO5/c21-11-4-9-17(13(23)15(11)26)29-18-10(5-12(22)16(27)14(18)24)20(9)8-2-1-6(25)3-7(8)19(28)30-20/h1-5,26-27H,25H2. The smallest absolute Gasteiger partial charge is 0.340 e. The Balaban J connectivity index is 1.98. The minimum absolute atomic E-state index is 0.0125. The van der Waals surface area contributed by atoms with Crippen LogP contribution in [0.4, 0.5) is 23.2 Å². The first-order valence-corrected chi connectivity index (χ1v) is 8.41. The molecule has 2 aliphatic rings. The molecule has 0 amide bonds. The summed E-state index contributed by atoms with van der Waals surface area (Å²) in [5.74, 6) is -11.6. The van der Waals surface area contributed by atoms with Crippen LogP contribution in [0.3, 0.4) is 0 Å². The maximum atomic E-state index is 14.7. The molecule has 6 nitrogen and oxygen atoms in total. The number of hydrogen-bond donors (Lipinski definition) is 3. The Morgan fingerprint density at radius 2 is 1.37 bits per heavy atom. The van der Waals surface area contributed by atoms with Crippen LogP contribution in [-0.2, 0) is 10.3 Å². The lowest BCUT2D eigenvalue weighted by Crippen LogP contribution is -2.34. The van der Waals surface area contributed by atoms with Crippen molar-refractivity contribution < 1.29 is 42.0 Å². The van der Waals surface area contributed by atoms with Crippen molar-refractivity contribution in [3.05, 3.63) is 75.9 Å². The van der Waals surface area contributed by atoms with Gasteiger partial charge < -0.3 is 25.4 Å². The van der Waals surface area contributed by atoms with Gasteiger partial charge in [0.05, 0.1) is 16.7 Å². The summed E-state index contributed by atoms with van der Waals surface area (Å²) in [4.78, 5) is 12.6. The van der Waals surface area contributed by atoms with Gasteiger partial charge in [0.25, 0.3) is 0 Å². The molecule has 30 heavy (non-hydrogen) atoms. The Labute approximate surface area is 164 Å². The molecular weight excluding hydrogens is 410 g/mol. The molecule has 0 bridgehead atoms. The normalized spacial score (nSPS) is 15.3. The lowest BCUT2D eigenvalue weighted by atomic mass is 9.77. The Morgan fingerprint density at radius 1 is 0.833 bits per heavy atom. The zero-order valence-electron chi connectivity index (χ0n) is 14.6. The van der Waals surface area contributed by atoms with E-state index in [1.807, 2.05) is 0 Å². The van der Waals surface area contributed by atoms with E-state index in [2.05, 4.69) is 0 Å². The van der Waals surface area contributed by atoms with E-state index < -0.39 is 69.0 Å². The zero-order chi connectivity index (χ0) is 21.5. The number of phenols is 2. The van der Waals surface area contributed by atoms with Crippen molar-refractivity contribution in [1.29, 1.82) is 0 Å². The molecule has 0 saturated carbocycles. The molecule has 0 atom stereocenters. The molecule has 2 aliphatic heterocycles. The Hall–Kier alpha value is -3.95. The fraction of sp³-hybridized carbons (Fsp3) is 0.0500. The second-order valence-electron chi connectivity index (χ2n) is 6.77. The third-order valence-electron chi connectivity index (χ3n) is 5.15. The molecule has 0 aliphatic carbocycles. The molecule has 0 saturated heterocycles. The highest BCUT2D eigenvalue weighted by atomic mass is 19.1. The average Bonchev–Trinajstić information content (AvgIpc) is 2.99. The number of esters is 1. The highest BCUT2D eigenvalue weighted by Gasteiger charge is 2.56. The van der Waals surface area contributed by atoms with Gasteiger partial charge >= 0.3 is 5.97 Å². The van der Waals surface area contributed by atoms with Crippen molar-refractivity contribution in [1.82, 2.24) is 0 Å². The number of fused-ring (bicyclic) bond motifs is 6. The number of halogens is 4. The number of hydrogen-bond acceptors (Lipinski definition) is 6. The number of phenolic OH excluding ortho intramolecular Hbond substituents is 2. The fourth-order valence-electron chi connectivity index (χ4n) is 3.84. The number of aromatic hydroxyl groups is 2. The van der Waals surface area contributed by atoms with Crippen LogP contribution in [0, 0.1) is 23.3 Å². The van der Waals surface area contributed by atoms with E-state index in [9.17, 15) is 32.6 Å². The fourth-order valence-corrected chi connectivity index (χ4v) is 3.84. The summed E-state index contributed by atoms with van der Waals surface area (Å²) >= 11 is 0. The summed E-state index contributed by atoms with van der Waals surface area (Å²) in [5.41, 5.74) is 2.62. The van der Waals surface area contributed by atoms with Crippen LogP contribution < -0.4 is 10.5 Å². The van der Waals surface area contributed by atoms with Gasteiger partial charge in [-0.2, -0.15) is 8.78 Å². The molecule has 4 N–H and O–H groups in total. The molecule has 152 valence electrons. The molecule has 0 fully saturated rings. The number of nitrogen functional groups attached to an aromatic ring is 1. The molecule has 10 heteroatoms. The number of nitrogens with two attached hydrogens (primary N) is 1. The van der Waals surface area contributed by atoms with E-state index in [0.29, 0.717) is 12.1 Å². The van der Waals surface area contributed by atoms with Gasteiger partial charge in [0, 0.05) is 11.3 Å². The van der Waals surface area contributed by atoms with Crippen molar-refractivity contribution in [2.24, 2.45) is 0 Å². The maximum Gasteiger partial charge on any atom is 0.340 e. The molecule has 5 rings (SSSR count). The first kappa shape index (κ1) is 18.1. The van der Waals surface area contributed by atoms with Crippen LogP contribution in [0.5, 0.6) is 23.0 Å². The molecule has 1 spiro atoms. The van der Waals surface area contributed by atoms with E-state index in [-0.39, 0.29) is 16.8 Å². The predicted octanol–water partition coefficient (Wildman–Crippen LogP) is 3.80. The SMILES string of the molecule is Nc1ccc2c(c1)C(=O)OC21c2cc(F)c(O)c(F)c2Oc2c1cc(F)c(O)c2F. The third-order valence-corrected chi connectivity index (χ3v) is 5.15. The van der Waals surface area contributed by atoms with Crippen LogP contribution in [0.15, 0.2) is 30.3 Å². The first-order valence-electron chi connectivity index (χ1n) is 8.41. The topological polar surface area (TPSA) is 102 Å². The molecular formula is C20H9F4NO5. The van der Waals surface area contributed by atoms with Gasteiger partial charge in [-0.15, -0.1) is 0 Å². The molecule has 0 unspecified atom stereocenters. The lowest BCUT2D eigenvalue weighted by Gasteiger charge is -2.36. The Morgan fingerprint density at radius 3 is 1.90 bits per heavy atom. The summed E-state index contributed by atoms with van der Waals surface area (Å²) in [6.07, 6.45) is 0. The van der Waals surface area contributed by atoms with Gasteiger partial charge in [-0.05, 0) is 24.3 Å². The quantitative estimate of drug-likeness (QED) is 0.291. The van der Waals surface area contributed by atoms with E-state index in [0.717, 1.165) is 0 Å². The largest absolute Gasteiger partial charge is 0.503 e. The van der Waals surface area contributed by atoms with Crippen LogP contribution in [-0.4, -0.2) is 16.2 Å². The summed E-state index contributed by atoms with van der Waals surface area (Å²) < 4.78 is 68.5. The maximum absolute atomic E-state index is 14.7. The number of ether oxygens (including phenoxy) is 2. The second-order valence-corrected chi connectivity index (χ2v) is 6.77. The minimum Gasteiger partial charge on any atom is -0.503 e. The van der Waals surface area contributed by atoms with Crippen LogP contribution >= 0.6 is 0 Å². The molecule has 0 aromatic heterocycles. The number of benzene rings is 3. The van der Waals surface area contributed by atoms with Crippen molar-refractivity contribution in [3.8, 4) is 23.0 Å². The van der Waals surface area contributed by atoms with Gasteiger partial charge in [-0.3, -0.25) is 0 Å². The van der Waals surface area contributed by atoms with Crippen molar-refractivity contribution in [2.45, 2.75) is 5.60 Å². The molecule has 0 radical (unpaired) electrons. The lowest BCUT2D eigenvalue weighted by molar-refractivity contribution is 0.0215. The summed E-state index contributed by atoms with van der Waals surface area (Å²) in [6, 6.07) is 5.18. The predicted molar refractivity (Wildman–Crippen MR) is 92.3 cm³/mol. The van der Waals surface area contributed by atoms with Crippen LogP contribution in [0.1, 0.15) is 27.0 Å². The van der Waals surface area contributed by atoms with Crippen LogP contribution in [0.2, 0.25) is 0 Å². The van der Waals surface area contributed by atoms with Crippen molar-refractivity contribution >= 4 is 11.7 Å². The zero-order valence-corrected chi connectivity index (χ0v) is 14.6. The number of rotatable bonds is 0. The molecule has 3 aromatic rings. The Bertz CT molecular complexity index is 1240. The van der Waals surface area contributed by atoms with E-state index in [1.165, 1.54) is 18.2 Å². The third kappa shape index (κ3) is 1.99. The van der Waals surface area contributed by atoms with E-state index in [4.69, 9.17) is 15.2 Å². The van der Waals surface area contributed by atoms with E-state index >= 15 is 0 Å². The van der Waals surface area contributed by atoms with Crippen molar-refractivity contribution in [3.63, 3.8) is 0 Å². The summed E-state index contributed by atoms with van der Waals surface area (Å²) in [6.45, 7) is 0. The number of carbonyl (C=O) groups is 1. The van der Waals surface area contributed by atoms with Gasteiger partial charge in [0.15, 0.2) is 40.2 Å². The highest BCUT2D eigenvalue weighted by Crippen LogP contribution is 2.59. The van der Waals surface area contributed by atoms with Crippen molar-refractivity contribution in [2.75, 3.05) is 5.73 Å².